The molecule has 0 spiro atoms. The molecule has 2 rings (SSSR count). The van der Waals surface area contributed by atoms with Gasteiger partial charge in [0.15, 0.2) is 0 Å². The summed E-state index contributed by atoms with van der Waals surface area (Å²) in [6.07, 6.45) is 0.672. The molecule has 1 aromatic carbocycles. The number of halogens is 2. The predicted octanol–water partition coefficient (Wildman–Crippen LogP) is 1.29. The van der Waals surface area contributed by atoms with Gasteiger partial charge in [-0.3, -0.25) is 4.79 Å². The molecule has 1 unspecified atom stereocenters. The van der Waals surface area contributed by atoms with Crippen molar-refractivity contribution in [3.05, 3.63) is 35.4 Å². The lowest BCUT2D eigenvalue weighted by molar-refractivity contribution is -0.128. The van der Waals surface area contributed by atoms with E-state index in [1.807, 2.05) is 0 Å². The monoisotopic (exact) mass is 240 g/mol. The first-order valence-corrected chi connectivity index (χ1v) is 5.51. The number of amides is 1. The third-order valence-electron chi connectivity index (χ3n) is 3.01. The highest BCUT2D eigenvalue weighted by Crippen LogP contribution is 2.14. The number of benzene rings is 1. The van der Waals surface area contributed by atoms with Crippen molar-refractivity contribution in [3.63, 3.8) is 0 Å². The third-order valence-corrected chi connectivity index (χ3v) is 3.01. The standard InChI is InChI=1S/C12H14F2N2O/c1-16-6-5-11(12(16)17)15-7-8-9(13)3-2-4-10(8)14/h2-4,11,15H,5-7H2,1H3. The number of rotatable bonds is 3. The number of hydrogen-bond acceptors (Lipinski definition) is 2. The first kappa shape index (κ1) is 12.0. The van der Waals surface area contributed by atoms with Gasteiger partial charge in [-0.25, -0.2) is 8.78 Å². The molecule has 1 aliphatic heterocycles. The van der Waals surface area contributed by atoms with Gasteiger partial charge in [0.1, 0.15) is 11.6 Å². The molecular formula is C12H14F2N2O. The maximum absolute atomic E-state index is 13.3. The highest BCUT2D eigenvalue weighted by atomic mass is 19.1. The molecule has 1 heterocycles. The molecule has 1 aliphatic rings. The maximum atomic E-state index is 13.3. The molecule has 0 radical (unpaired) electrons. The van der Waals surface area contributed by atoms with Gasteiger partial charge in [0.25, 0.3) is 0 Å². The zero-order chi connectivity index (χ0) is 12.4. The lowest BCUT2D eigenvalue weighted by atomic mass is 10.1. The summed E-state index contributed by atoms with van der Waals surface area (Å²) in [4.78, 5) is 13.2. The topological polar surface area (TPSA) is 32.3 Å². The Labute approximate surface area is 98.4 Å². The van der Waals surface area contributed by atoms with Crippen molar-refractivity contribution in [3.8, 4) is 0 Å². The van der Waals surface area contributed by atoms with Gasteiger partial charge in [-0.1, -0.05) is 6.07 Å². The second-order valence-electron chi connectivity index (χ2n) is 4.18. The van der Waals surface area contributed by atoms with Gasteiger partial charge in [-0.05, 0) is 18.6 Å². The van der Waals surface area contributed by atoms with Gasteiger partial charge in [0.05, 0.1) is 6.04 Å². The van der Waals surface area contributed by atoms with E-state index in [0.717, 1.165) is 0 Å². The second kappa shape index (κ2) is 4.79. The van der Waals surface area contributed by atoms with Crippen LogP contribution in [0.4, 0.5) is 8.78 Å². The van der Waals surface area contributed by atoms with Crippen LogP contribution in [-0.4, -0.2) is 30.4 Å². The highest BCUT2D eigenvalue weighted by molar-refractivity contribution is 5.83. The summed E-state index contributed by atoms with van der Waals surface area (Å²) >= 11 is 0. The SMILES string of the molecule is CN1CCC(NCc2c(F)cccc2F)C1=O. The van der Waals surface area contributed by atoms with Gasteiger partial charge >= 0.3 is 0 Å². The molecule has 1 amide bonds. The van der Waals surface area contributed by atoms with Crippen LogP contribution in [0.1, 0.15) is 12.0 Å². The Balaban J connectivity index is 2.01. The van der Waals surface area contributed by atoms with Gasteiger partial charge < -0.3 is 10.2 Å². The third kappa shape index (κ3) is 2.44. The van der Waals surface area contributed by atoms with E-state index >= 15 is 0 Å². The van der Waals surface area contributed by atoms with Gasteiger partial charge in [0.2, 0.25) is 5.91 Å². The summed E-state index contributed by atoms with van der Waals surface area (Å²) in [6.45, 7) is 0.707. The van der Waals surface area contributed by atoms with E-state index in [2.05, 4.69) is 5.32 Å². The molecule has 0 aromatic heterocycles. The molecule has 17 heavy (non-hydrogen) atoms. The number of nitrogens with one attached hydrogen (secondary N) is 1. The van der Waals surface area contributed by atoms with Crippen molar-refractivity contribution < 1.29 is 13.6 Å². The summed E-state index contributed by atoms with van der Waals surface area (Å²) < 4.78 is 26.6. The summed E-state index contributed by atoms with van der Waals surface area (Å²) in [6, 6.07) is 3.41. The van der Waals surface area contributed by atoms with Crippen LogP contribution in [0.3, 0.4) is 0 Å². The Morgan fingerprint density at radius 1 is 1.41 bits per heavy atom. The Hall–Kier alpha value is -1.49. The van der Waals surface area contributed by atoms with Crippen LogP contribution in [0.5, 0.6) is 0 Å². The van der Waals surface area contributed by atoms with Crippen molar-refractivity contribution in [1.29, 1.82) is 0 Å². The normalized spacial score (nSPS) is 20.1. The summed E-state index contributed by atoms with van der Waals surface area (Å²) in [5.74, 6) is -1.20. The van der Waals surface area contributed by atoms with Crippen LogP contribution < -0.4 is 5.32 Å². The van der Waals surface area contributed by atoms with Crippen molar-refractivity contribution in [1.82, 2.24) is 10.2 Å². The van der Waals surface area contributed by atoms with Gasteiger partial charge in [0, 0.05) is 25.7 Å². The van der Waals surface area contributed by atoms with Crippen LogP contribution in [0.25, 0.3) is 0 Å². The number of likely N-dealkylation sites (N-methyl/N-ethyl adjacent to an activating group) is 1. The minimum absolute atomic E-state index is 0.0187. The molecule has 1 N–H and O–H groups in total. The smallest absolute Gasteiger partial charge is 0.239 e. The second-order valence-corrected chi connectivity index (χ2v) is 4.18. The first-order valence-electron chi connectivity index (χ1n) is 5.51. The number of hydrogen-bond donors (Lipinski definition) is 1. The molecule has 0 saturated carbocycles. The number of carbonyl (C=O) groups is 1. The van der Waals surface area contributed by atoms with E-state index < -0.39 is 11.6 Å². The molecule has 3 nitrogen and oxygen atoms in total. The van der Waals surface area contributed by atoms with Crippen LogP contribution in [0.15, 0.2) is 18.2 Å². The first-order chi connectivity index (χ1) is 8.09. The quantitative estimate of drug-likeness (QED) is 0.863. The Morgan fingerprint density at radius 2 is 2.06 bits per heavy atom. The molecule has 1 saturated heterocycles. The molecule has 1 atom stereocenters. The van der Waals surface area contributed by atoms with Crippen LogP contribution in [0.2, 0.25) is 0 Å². The van der Waals surface area contributed by atoms with Crippen molar-refractivity contribution in [2.75, 3.05) is 13.6 Å². The van der Waals surface area contributed by atoms with Gasteiger partial charge in [-0.2, -0.15) is 0 Å². The lowest BCUT2D eigenvalue weighted by Crippen LogP contribution is -2.36. The van der Waals surface area contributed by atoms with Crippen LogP contribution >= 0.6 is 0 Å². The van der Waals surface area contributed by atoms with E-state index in [-0.39, 0.29) is 24.1 Å². The van der Waals surface area contributed by atoms with E-state index in [1.165, 1.54) is 18.2 Å². The predicted molar refractivity (Wildman–Crippen MR) is 59.2 cm³/mol. The van der Waals surface area contributed by atoms with Gasteiger partial charge in [-0.15, -0.1) is 0 Å². The molecule has 5 heteroatoms. The van der Waals surface area contributed by atoms with Crippen molar-refractivity contribution in [2.45, 2.75) is 19.0 Å². The molecule has 0 aliphatic carbocycles. The van der Waals surface area contributed by atoms with E-state index in [0.29, 0.717) is 13.0 Å². The van der Waals surface area contributed by atoms with E-state index in [1.54, 1.807) is 11.9 Å². The maximum Gasteiger partial charge on any atom is 0.239 e. The van der Waals surface area contributed by atoms with E-state index in [9.17, 15) is 13.6 Å². The Kier molecular flexibility index (Phi) is 3.38. The number of likely N-dealkylation sites (tertiary alicyclic amines) is 1. The Bertz CT molecular complexity index is 416. The van der Waals surface area contributed by atoms with Crippen molar-refractivity contribution in [2.24, 2.45) is 0 Å². The minimum Gasteiger partial charge on any atom is -0.344 e. The fraction of sp³-hybridized carbons (Fsp3) is 0.417. The summed E-state index contributed by atoms with van der Waals surface area (Å²) in [7, 11) is 1.72. The molecule has 1 fully saturated rings. The zero-order valence-electron chi connectivity index (χ0n) is 9.54. The van der Waals surface area contributed by atoms with Crippen LogP contribution in [0, 0.1) is 11.6 Å². The molecular weight excluding hydrogens is 226 g/mol. The summed E-state index contributed by atoms with van der Waals surface area (Å²) in [5.41, 5.74) is -0.0187. The average molecular weight is 240 g/mol. The average Bonchev–Trinajstić information content (AvgIpc) is 2.60. The molecule has 1 aromatic rings. The van der Waals surface area contributed by atoms with E-state index in [4.69, 9.17) is 0 Å². The lowest BCUT2D eigenvalue weighted by Gasteiger charge is -2.12. The largest absolute Gasteiger partial charge is 0.344 e. The number of nitrogens with zero attached hydrogens (tertiary/aromatic N) is 1. The number of carbonyl (C=O) groups excluding carboxylic acids is 1. The fourth-order valence-corrected chi connectivity index (χ4v) is 1.94. The zero-order valence-corrected chi connectivity index (χ0v) is 9.54. The Morgan fingerprint density at radius 3 is 2.59 bits per heavy atom. The van der Waals surface area contributed by atoms with Crippen LogP contribution in [-0.2, 0) is 11.3 Å². The molecule has 92 valence electrons. The molecule has 0 bridgehead atoms. The van der Waals surface area contributed by atoms with Crippen molar-refractivity contribution >= 4 is 5.91 Å². The highest BCUT2D eigenvalue weighted by Gasteiger charge is 2.28. The minimum atomic E-state index is -0.587. The summed E-state index contributed by atoms with van der Waals surface area (Å²) in [5, 5.41) is 2.89. The fourth-order valence-electron chi connectivity index (χ4n) is 1.94.